The lowest BCUT2D eigenvalue weighted by atomic mass is 10.0. The number of thiol groups is 1. The van der Waals surface area contributed by atoms with Crippen LogP contribution in [0.4, 0.5) is 0 Å². The number of nitrogens with one attached hydrogen (secondary N) is 3. The van der Waals surface area contributed by atoms with Crippen molar-refractivity contribution in [1.29, 1.82) is 0 Å². The third-order valence-corrected chi connectivity index (χ3v) is 4.34. The second-order valence-corrected chi connectivity index (χ2v) is 7.42. The van der Waals surface area contributed by atoms with Crippen molar-refractivity contribution in [2.75, 3.05) is 12.4 Å². The van der Waals surface area contributed by atoms with Crippen LogP contribution in [0, 0.1) is 5.92 Å². The summed E-state index contributed by atoms with van der Waals surface area (Å²) in [6.07, 6.45) is -0.622. The molecule has 0 aromatic carbocycles. The number of amides is 3. The van der Waals surface area contributed by atoms with Gasteiger partial charge in [-0.2, -0.15) is 12.6 Å². The Morgan fingerprint density at radius 2 is 1.40 bits per heavy atom. The highest BCUT2D eigenvalue weighted by atomic mass is 32.1. The second kappa shape index (κ2) is 13.8. The first-order chi connectivity index (χ1) is 13.9. The second-order valence-electron chi connectivity index (χ2n) is 7.06. The highest BCUT2D eigenvalue weighted by molar-refractivity contribution is 7.80. The first-order valence-corrected chi connectivity index (χ1v) is 9.89. The maximum Gasteiger partial charge on any atom is 0.326 e. The van der Waals surface area contributed by atoms with Crippen molar-refractivity contribution in [1.82, 2.24) is 16.0 Å². The Kier molecular flexibility index (Phi) is 12.7. The highest BCUT2D eigenvalue weighted by Crippen LogP contribution is 2.06. The summed E-state index contributed by atoms with van der Waals surface area (Å²) in [7, 11) is 0. The summed E-state index contributed by atoms with van der Waals surface area (Å²) in [6, 6.07) is -5.11. The quantitative estimate of drug-likeness (QED) is 0.133. The normalized spacial score (nSPS) is 14.9. The van der Waals surface area contributed by atoms with Crippen LogP contribution in [0.15, 0.2) is 0 Å². The Hall–Kier alpha value is -2.38. The average Bonchev–Trinajstić information content (AvgIpc) is 2.66. The molecular weight excluding hydrogens is 420 g/mol. The Balaban J connectivity index is 5.24. The number of aliphatic hydroxyl groups is 1. The lowest BCUT2D eigenvalue weighted by Crippen LogP contribution is -2.58. The van der Waals surface area contributed by atoms with E-state index in [4.69, 9.17) is 10.8 Å². The van der Waals surface area contributed by atoms with Gasteiger partial charge in [-0.3, -0.25) is 19.2 Å². The molecule has 0 fully saturated rings. The SMILES string of the molecule is CC(C)CC(NC(=O)C(CO)NC(=O)C(CCC(=O)O)NC(=O)C(N)CS)C(=O)O. The van der Waals surface area contributed by atoms with E-state index >= 15 is 0 Å². The number of carbonyl (C=O) groups excluding carboxylic acids is 3. The monoisotopic (exact) mass is 450 g/mol. The molecule has 0 heterocycles. The van der Waals surface area contributed by atoms with Crippen molar-refractivity contribution in [2.24, 2.45) is 11.7 Å². The van der Waals surface area contributed by atoms with Gasteiger partial charge in [-0.05, 0) is 18.8 Å². The molecule has 0 spiro atoms. The molecule has 12 nitrogen and oxygen atoms in total. The van der Waals surface area contributed by atoms with Crippen molar-refractivity contribution >= 4 is 42.3 Å². The molecule has 3 amide bonds. The molecule has 0 aromatic rings. The summed E-state index contributed by atoms with van der Waals surface area (Å²) < 4.78 is 0. The molecule has 4 atom stereocenters. The standard InChI is InChI=1S/C17H30N4O8S/c1-8(2)5-11(17(28)29)20-16(27)12(6-22)21-15(26)10(3-4-13(23)24)19-14(25)9(18)7-30/h8-12,22,30H,3-7,18H2,1-2H3,(H,19,25)(H,20,27)(H,21,26)(H,23,24)(H,28,29). The van der Waals surface area contributed by atoms with Gasteiger partial charge in [0.1, 0.15) is 18.1 Å². The zero-order chi connectivity index (χ0) is 23.4. The number of carboxylic acids is 2. The Labute approximate surface area is 179 Å². The summed E-state index contributed by atoms with van der Waals surface area (Å²) in [5.41, 5.74) is 5.52. The number of rotatable bonds is 14. The van der Waals surface area contributed by atoms with Crippen molar-refractivity contribution in [3.63, 3.8) is 0 Å². The fourth-order valence-electron chi connectivity index (χ4n) is 2.33. The van der Waals surface area contributed by atoms with Gasteiger partial charge in [0.25, 0.3) is 0 Å². The molecular formula is C17H30N4O8S. The predicted molar refractivity (Wildman–Crippen MR) is 109 cm³/mol. The minimum atomic E-state index is -1.51. The molecule has 13 heteroatoms. The zero-order valence-corrected chi connectivity index (χ0v) is 17.7. The largest absolute Gasteiger partial charge is 0.481 e. The highest BCUT2D eigenvalue weighted by Gasteiger charge is 2.30. The van der Waals surface area contributed by atoms with Gasteiger partial charge in [-0.1, -0.05) is 13.8 Å². The van der Waals surface area contributed by atoms with Crippen LogP contribution in [-0.2, 0) is 24.0 Å². The Morgan fingerprint density at radius 3 is 1.83 bits per heavy atom. The maximum absolute atomic E-state index is 12.5. The third kappa shape index (κ3) is 10.4. The fraction of sp³-hybridized carbons (Fsp3) is 0.706. The minimum absolute atomic E-state index is 0.0206. The van der Waals surface area contributed by atoms with E-state index in [0.717, 1.165) is 0 Å². The Bertz CT molecular complexity index is 631. The van der Waals surface area contributed by atoms with Gasteiger partial charge in [-0.15, -0.1) is 0 Å². The maximum atomic E-state index is 12.5. The summed E-state index contributed by atoms with van der Waals surface area (Å²) in [5, 5.41) is 34.2. The molecule has 0 aliphatic heterocycles. The van der Waals surface area contributed by atoms with Crippen LogP contribution in [0.25, 0.3) is 0 Å². The van der Waals surface area contributed by atoms with Crippen molar-refractivity contribution < 1.29 is 39.3 Å². The third-order valence-electron chi connectivity index (χ3n) is 3.95. The molecule has 172 valence electrons. The van der Waals surface area contributed by atoms with Crippen LogP contribution in [0.5, 0.6) is 0 Å². The number of nitrogens with two attached hydrogens (primary N) is 1. The van der Waals surface area contributed by atoms with Gasteiger partial charge in [0.05, 0.1) is 12.6 Å². The van der Waals surface area contributed by atoms with Crippen molar-refractivity contribution in [3.05, 3.63) is 0 Å². The number of carbonyl (C=O) groups is 5. The lowest BCUT2D eigenvalue weighted by molar-refractivity contribution is -0.143. The van der Waals surface area contributed by atoms with E-state index in [9.17, 15) is 34.2 Å². The first-order valence-electron chi connectivity index (χ1n) is 9.25. The van der Waals surface area contributed by atoms with Crippen LogP contribution in [0.3, 0.4) is 0 Å². The average molecular weight is 451 g/mol. The smallest absolute Gasteiger partial charge is 0.326 e. The van der Waals surface area contributed by atoms with Crippen LogP contribution in [0.1, 0.15) is 33.1 Å². The topological polar surface area (TPSA) is 208 Å². The van der Waals surface area contributed by atoms with Gasteiger partial charge < -0.3 is 37.0 Å². The number of hydrogen-bond donors (Lipinski definition) is 8. The zero-order valence-electron chi connectivity index (χ0n) is 16.8. The van der Waals surface area contributed by atoms with E-state index in [1.54, 1.807) is 13.8 Å². The molecule has 0 saturated carbocycles. The number of aliphatic carboxylic acids is 2. The van der Waals surface area contributed by atoms with Gasteiger partial charge >= 0.3 is 11.9 Å². The fourth-order valence-corrected chi connectivity index (χ4v) is 2.50. The molecule has 0 bridgehead atoms. The molecule has 0 aliphatic carbocycles. The van der Waals surface area contributed by atoms with Crippen LogP contribution in [-0.4, -0.2) is 81.5 Å². The van der Waals surface area contributed by atoms with E-state index in [2.05, 4.69) is 28.6 Å². The number of carboxylic acid groups (broad SMARTS) is 2. The summed E-state index contributed by atoms with van der Waals surface area (Å²) in [5.74, 6) is -5.16. The minimum Gasteiger partial charge on any atom is -0.481 e. The van der Waals surface area contributed by atoms with Gasteiger partial charge in [-0.25, -0.2) is 4.79 Å². The van der Waals surface area contributed by atoms with Gasteiger partial charge in [0.2, 0.25) is 17.7 Å². The van der Waals surface area contributed by atoms with Crippen molar-refractivity contribution in [3.8, 4) is 0 Å². The van der Waals surface area contributed by atoms with Gasteiger partial charge in [0.15, 0.2) is 0 Å². The van der Waals surface area contributed by atoms with Crippen LogP contribution in [0.2, 0.25) is 0 Å². The van der Waals surface area contributed by atoms with Crippen LogP contribution < -0.4 is 21.7 Å². The molecule has 30 heavy (non-hydrogen) atoms. The summed E-state index contributed by atoms with van der Waals surface area (Å²) in [6.45, 7) is 2.68. The van der Waals surface area contributed by atoms with E-state index in [0.29, 0.717) is 0 Å². The molecule has 8 N–H and O–H groups in total. The summed E-state index contributed by atoms with van der Waals surface area (Å²) >= 11 is 3.87. The van der Waals surface area contributed by atoms with Gasteiger partial charge in [0, 0.05) is 12.2 Å². The lowest BCUT2D eigenvalue weighted by Gasteiger charge is -2.24. The first kappa shape index (κ1) is 27.6. The van der Waals surface area contributed by atoms with Crippen LogP contribution >= 0.6 is 12.6 Å². The molecule has 0 rings (SSSR count). The predicted octanol–water partition coefficient (Wildman–Crippen LogP) is -2.31. The Morgan fingerprint density at radius 1 is 0.900 bits per heavy atom. The molecule has 0 radical (unpaired) electrons. The van der Waals surface area contributed by atoms with E-state index < -0.39 is 66.9 Å². The van der Waals surface area contributed by atoms with E-state index in [1.165, 1.54) is 0 Å². The van der Waals surface area contributed by atoms with Crippen molar-refractivity contribution in [2.45, 2.75) is 57.3 Å². The summed E-state index contributed by atoms with van der Waals surface area (Å²) in [4.78, 5) is 58.8. The molecule has 0 saturated heterocycles. The molecule has 4 unspecified atom stereocenters. The molecule has 0 aliphatic rings. The number of hydrogen-bond acceptors (Lipinski definition) is 8. The van der Waals surface area contributed by atoms with E-state index in [1.807, 2.05) is 0 Å². The molecule has 0 aromatic heterocycles. The van der Waals surface area contributed by atoms with E-state index in [-0.39, 0.29) is 24.5 Å². The number of aliphatic hydroxyl groups excluding tert-OH is 1.